The van der Waals surface area contributed by atoms with Crippen molar-refractivity contribution < 1.29 is 14.6 Å². The number of aromatic nitrogens is 1. The van der Waals surface area contributed by atoms with Crippen LogP contribution < -0.4 is 10.5 Å². The van der Waals surface area contributed by atoms with E-state index >= 15 is 0 Å². The van der Waals surface area contributed by atoms with Gasteiger partial charge in [-0.25, -0.2) is 0 Å². The molecule has 178 valence electrons. The zero-order chi connectivity index (χ0) is 24.1. The average Bonchev–Trinajstić information content (AvgIpc) is 3.36. The summed E-state index contributed by atoms with van der Waals surface area (Å²) >= 11 is 8.11. The third-order valence-electron chi connectivity index (χ3n) is 6.48. The number of rotatable bonds is 7. The zero-order valence-corrected chi connectivity index (χ0v) is 20.6. The highest BCUT2D eigenvalue weighted by Gasteiger charge is 2.34. The molecule has 1 saturated heterocycles. The highest BCUT2D eigenvalue weighted by Crippen LogP contribution is 2.35. The Morgan fingerprint density at radius 3 is 3.03 bits per heavy atom. The van der Waals surface area contributed by atoms with Crippen LogP contribution in [0.15, 0.2) is 41.9 Å². The van der Waals surface area contributed by atoms with Crippen molar-refractivity contribution in [2.45, 2.75) is 25.3 Å². The first-order chi connectivity index (χ1) is 16.5. The second-order valence-electron chi connectivity index (χ2n) is 8.59. The van der Waals surface area contributed by atoms with Crippen LogP contribution in [-0.4, -0.2) is 47.7 Å². The maximum absolute atomic E-state index is 12.0. The van der Waals surface area contributed by atoms with Crippen LogP contribution in [0.1, 0.15) is 35.7 Å². The van der Waals surface area contributed by atoms with Crippen molar-refractivity contribution >= 4 is 39.8 Å². The Hall–Kier alpha value is -2.63. The largest absolute Gasteiger partial charge is 0.497 e. The Morgan fingerprint density at radius 1 is 1.44 bits per heavy atom. The monoisotopic (exact) mass is 497 g/mol. The van der Waals surface area contributed by atoms with Crippen molar-refractivity contribution in [1.82, 2.24) is 9.88 Å². The maximum Gasteiger partial charge on any atom is 0.308 e. The fourth-order valence-corrected chi connectivity index (χ4v) is 5.52. The standard InChI is InChI=1S/C26H28ClN3O3S/c1-33-18-7-9-24-20(14-18)25(22(27)15-29-24)23(28)8-6-17-10-12-30(16-21(17)26(31)32)11-2-4-19-5-3-13-34-19/h3,5,7,9,13-15,17,21,23H,6,8,10-12,16,28H2,1H3,(H,31,32)/t17?,21?,23-/m1/s1. The Kier molecular flexibility index (Phi) is 8.07. The molecule has 0 bridgehead atoms. The SMILES string of the molecule is COc1ccc2ncc(Cl)c([C@H](N)CCC3CCN(CC#Cc4cccs4)CC3C(=O)O)c2c1. The van der Waals surface area contributed by atoms with Gasteiger partial charge >= 0.3 is 5.97 Å². The van der Waals surface area contributed by atoms with Gasteiger partial charge in [0.15, 0.2) is 0 Å². The number of carboxylic acid groups (broad SMARTS) is 1. The molecule has 8 heteroatoms. The molecular formula is C26H28ClN3O3S. The topological polar surface area (TPSA) is 88.7 Å². The van der Waals surface area contributed by atoms with E-state index in [1.54, 1.807) is 24.6 Å². The highest BCUT2D eigenvalue weighted by atomic mass is 35.5. The number of likely N-dealkylation sites (tertiary alicyclic amines) is 1. The first-order valence-corrected chi connectivity index (χ1v) is 12.6. The summed E-state index contributed by atoms with van der Waals surface area (Å²) in [7, 11) is 1.62. The number of methoxy groups -OCH3 is 1. The first-order valence-electron chi connectivity index (χ1n) is 11.3. The minimum absolute atomic E-state index is 0.0615. The molecule has 1 aliphatic heterocycles. The molecule has 0 spiro atoms. The van der Waals surface area contributed by atoms with Crippen LogP contribution in [0, 0.1) is 23.7 Å². The average molecular weight is 498 g/mol. The number of nitrogens with two attached hydrogens (primary N) is 1. The number of hydrogen-bond acceptors (Lipinski definition) is 6. The number of aliphatic carboxylic acids is 1. The molecule has 2 aromatic heterocycles. The van der Waals surface area contributed by atoms with E-state index in [0.717, 1.165) is 40.7 Å². The van der Waals surface area contributed by atoms with Gasteiger partial charge in [0.25, 0.3) is 0 Å². The highest BCUT2D eigenvalue weighted by molar-refractivity contribution is 7.10. The van der Waals surface area contributed by atoms with E-state index in [4.69, 9.17) is 22.1 Å². The van der Waals surface area contributed by atoms with Gasteiger partial charge in [0.2, 0.25) is 0 Å². The van der Waals surface area contributed by atoms with E-state index in [-0.39, 0.29) is 12.0 Å². The molecule has 1 fully saturated rings. The van der Waals surface area contributed by atoms with Crippen molar-refractivity contribution in [3.8, 4) is 17.6 Å². The van der Waals surface area contributed by atoms with Crippen molar-refractivity contribution in [1.29, 1.82) is 0 Å². The van der Waals surface area contributed by atoms with Crippen LogP contribution in [-0.2, 0) is 4.79 Å². The van der Waals surface area contributed by atoms with Crippen LogP contribution in [0.3, 0.4) is 0 Å². The number of thiophene rings is 1. The fraction of sp³-hybridized carbons (Fsp3) is 0.385. The molecule has 0 saturated carbocycles. The summed E-state index contributed by atoms with van der Waals surface area (Å²) < 4.78 is 5.36. The lowest BCUT2D eigenvalue weighted by molar-refractivity contribution is -0.146. The maximum atomic E-state index is 12.0. The smallest absolute Gasteiger partial charge is 0.308 e. The van der Waals surface area contributed by atoms with E-state index in [9.17, 15) is 9.90 Å². The van der Waals surface area contributed by atoms with Gasteiger partial charge in [-0.15, -0.1) is 11.3 Å². The summed E-state index contributed by atoms with van der Waals surface area (Å²) in [6, 6.07) is 9.28. The predicted molar refractivity (Wildman–Crippen MR) is 136 cm³/mol. The third kappa shape index (κ3) is 5.70. The molecule has 0 amide bonds. The van der Waals surface area contributed by atoms with E-state index in [1.807, 2.05) is 35.7 Å². The van der Waals surface area contributed by atoms with Gasteiger partial charge in [-0.2, -0.15) is 0 Å². The van der Waals surface area contributed by atoms with Crippen LogP contribution in [0.5, 0.6) is 5.75 Å². The number of ether oxygens (including phenoxy) is 1. The van der Waals surface area contributed by atoms with Gasteiger partial charge in [0.1, 0.15) is 5.75 Å². The van der Waals surface area contributed by atoms with E-state index in [2.05, 4.69) is 21.7 Å². The molecule has 1 aliphatic rings. The number of piperidine rings is 1. The molecular weight excluding hydrogens is 470 g/mol. The molecule has 1 aromatic carbocycles. The Morgan fingerprint density at radius 2 is 2.29 bits per heavy atom. The minimum atomic E-state index is -0.758. The number of hydrogen-bond donors (Lipinski definition) is 2. The third-order valence-corrected chi connectivity index (χ3v) is 7.57. The van der Waals surface area contributed by atoms with Crippen molar-refractivity contribution in [3.05, 3.63) is 57.4 Å². The molecule has 2 unspecified atom stereocenters. The summed E-state index contributed by atoms with van der Waals surface area (Å²) in [5, 5.41) is 13.3. The Bertz CT molecular complexity index is 1210. The summed E-state index contributed by atoms with van der Waals surface area (Å²) in [6.07, 6.45) is 3.80. The number of carboxylic acids is 1. The molecule has 34 heavy (non-hydrogen) atoms. The van der Waals surface area contributed by atoms with Crippen LogP contribution in [0.4, 0.5) is 0 Å². The lowest BCUT2D eigenvalue weighted by atomic mass is 9.81. The number of benzene rings is 1. The summed E-state index contributed by atoms with van der Waals surface area (Å²) in [5.41, 5.74) is 8.24. The van der Waals surface area contributed by atoms with Gasteiger partial charge in [0, 0.05) is 24.2 Å². The Labute approximate surface area is 208 Å². The lowest BCUT2D eigenvalue weighted by Gasteiger charge is -2.36. The number of carbonyl (C=O) groups is 1. The van der Waals surface area contributed by atoms with Gasteiger partial charge in [-0.1, -0.05) is 29.5 Å². The first kappa shape index (κ1) is 24.5. The normalized spacial score (nSPS) is 19.4. The van der Waals surface area contributed by atoms with E-state index in [0.29, 0.717) is 30.3 Å². The second kappa shape index (κ2) is 11.2. The van der Waals surface area contributed by atoms with Crippen molar-refractivity contribution in [2.75, 3.05) is 26.7 Å². The van der Waals surface area contributed by atoms with E-state index in [1.165, 1.54) is 0 Å². The van der Waals surface area contributed by atoms with Crippen molar-refractivity contribution in [3.63, 3.8) is 0 Å². The van der Waals surface area contributed by atoms with Crippen LogP contribution >= 0.6 is 22.9 Å². The van der Waals surface area contributed by atoms with Gasteiger partial charge in [0.05, 0.1) is 35.0 Å². The zero-order valence-electron chi connectivity index (χ0n) is 19.0. The predicted octanol–water partition coefficient (Wildman–Crippen LogP) is 4.81. The van der Waals surface area contributed by atoms with E-state index < -0.39 is 11.9 Å². The van der Waals surface area contributed by atoms with Crippen molar-refractivity contribution in [2.24, 2.45) is 17.6 Å². The summed E-state index contributed by atoms with van der Waals surface area (Å²) in [6.45, 7) is 1.91. The summed E-state index contributed by atoms with van der Waals surface area (Å²) in [5.74, 6) is 5.91. The molecule has 4 rings (SSSR count). The quantitative estimate of drug-likeness (QED) is 0.455. The molecule has 3 N–H and O–H groups in total. The molecule has 0 aliphatic carbocycles. The fourth-order valence-electron chi connectivity index (χ4n) is 4.63. The number of fused-ring (bicyclic) bond motifs is 1. The number of halogens is 1. The minimum Gasteiger partial charge on any atom is -0.497 e. The molecule has 6 nitrogen and oxygen atoms in total. The van der Waals surface area contributed by atoms with Crippen LogP contribution in [0.25, 0.3) is 10.9 Å². The second-order valence-corrected chi connectivity index (χ2v) is 9.95. The lowest BCUT2D eigenvalue weighted by Crippen LogP contribution is -2.44. The number of pyridine rings is 1. The molecule has 0 radical (unpaired) electrons. The van der Waals surface area contributed by atoms with Gasteiger partial charge < -0.3 is 15.6 Å². The summed E-state index contributed by atoms with van der Waals surface area (Å²) in [4.78, 5) is 19.6. The Balaban J connectivity index is 1.42. The van der Waals surface area contributed by atoms with Crippen LogP contribution in [0.2, 0.25) is 5.02 Å². The molecule has 3 heterocycles. The molecule has 3 aromatic rings. The number of nitrogens with zero attached hydrogens (tertiary/aromatic N) is 2. The van der Waals surface area contributed by atoms with Gasteiger partial charge in [-0.05, 0) is 66.9 Å². The van der Waals surface area contributed by atoms with Gasteiger partial charge in [-0.3, -0.25) is 14.7 Å². The molecule has 3 atom stereocenters.